The smallest absolute Gasteiger partial charge is 0.207 e. The van der Waals surface area contributed by atoms with E-state index in [0.29, 0.717) is 11.1 Å². The molecule has 0 saturated carbocycles. The first-order chi connectivity index (χ1) is 9.07. The van der Waals surface area contributed by atoms with Crippen molar-refractivity contribution in [2.24, 2.45) is 0 Å². The van der Waals surface area contributed by atoms with Gasteiger partial charge in [0.15, 0.2) is 0 Å². The Hall–Kier alpha value is -2.07. The van der Waals surface area contributed by atoms with Crippen LogP contribution in [0.15, 0.2) is 64.9 Å². The summed E-state index contributed by atoms with van der Waals surface area (Å²) in [6.07, 6.45) is 1.66. The normalized spacial score (nSPS) is 19.3. The standard InChI is InChI=1S/C15H12O3S/c1-2-10-11-6-3-4-8-13(11)19(17,18)14-9-5-7-12(16)15(10)14/h2-10,16H,1H2. The Morgan fingerprint density at radius 1 is 1.05 bits per heavy atom. The Bertz CT molecular complexity index is 776. The van der Waals surface area contributed by atoms with Crippen molar-refractivity contribution in [3.8, 4) is 5.75 Å². The summed E-state index contributed by atoms with van der Waals surface area (Å²) >= 11 is 0. The summed E-state index contributed by atoms with van der Waals surface area (Å²) in [4.78, 5) is 0.453. The highest BCUT2D eigenvalue weighted by Crippen LogP contribution is 2.45. The summed E-state index contributed by atoms with van der Waals surface area (Å²) in [5.41, 5.74) is 1.07. The first-order valence-electron chi connectivity index (χ1n) is 5.86. The molecular formula is C15H12O3S. The third kappa shape index (κ3) is 1.53. The number of aromatic hydroxyl groups is 1. The minimum Gasteiger partial charge on any atom is -0.508 e. The fourth-order valence-electron chi connectivity index (χ4n) is 2.58. The maximum absolute atomic E-state index is 12.6. The third-order valence-corrected chi connectivity index (χ3v) is 5.31. The number of fused-ring (bicyclic) bond motifs is 2. The molecule has 0 bridgehead atoms. The van der Waals surface area contributed by atoms with Gasteiger partial charge in [-0.1, -0.05) is 30.3 Å². The van der Waals surface area contributed by atoms with E-state index < -0.39 is 9.84 Å². The molecule has 2 aromatic carbocycles. The summed E-state index contributed by atoms with van der Waals surface area (Å²) in [5, 5.41) is 10.0. The van der Waals surface area contributed by atoms with E-state index in [1.54, 1.807) is 36.4 Å². The van der Waals surface area contributed by atoms with Crippen molar-refractivity contribution in [1.82, 2.24) is 0 Å². The highest BCUT2D eigenvalue weighted by atomic mass is 32.2. The number of hydrogen-bond acceptors (Lipinski definition) is 3. The molecule has 0 aliphatic carbocycles. The van der Waals surface area contributed by atoms with E-state index in [1.165, 1.54) is 12.1 Å². The molecule has 19 heavy (non-hydrogen) atoms. The van der Waals surface area contributed by atoms with Gasteiger partial charge in [0.1, 0.15) is 5.75 Å². The van der Waals surface area contributed by atoms with E-state index in [0.717, 1.165) is 0 Å². The predicted molar refractivity (Wildman–Crippen MR) is 72.0 cm³/mol. The van der Waals surface area contributed by atoms with Gasteiger partial charge in [0.05, 0.1) is 9.79 Å². The molecule has 0 spiro atoms. The van der Waals surface area contributed by atoms with Crippen molar-refractivity contribution < 1.29 is 13.5 Å². The SMILES string of the molecule is C=CC1c2ccccc2S(=O)(=O)c2cccc(O)c21. The summed E-state index contributed by atoms with van der Waals surface area (Å²) in [5.74, 6) is -0.323. The number of rotatable bonds is 1. The molecule has 0 amide bonds. The first kappa shape index (κ1) is 12.0. The van der Waals surface area contributed by atoms with E-state index in [1.807, 2.05) is 0 Å². The number of allylic oxidation sites excluding steroid dienone is 1. The van der Waals surface area contributed by atoms with Gasteiger partial charge in [0, 0.05) is 11.5 Å². The minimum atomic E-state index is -3.57. The van der Waals surface area contributed by atoms with Gasteiger partial charge in [0.2, 0.25) is 9.84 Å². The van der Waals surface area contributed by atoms with Crippen LogP contribution in [0.4, 0.5) is 0 Å². The monoisotopic (exact) mass is 272 g/mol. The lowest BCUT2D eigenvalue weighted by atomic mass is 9.90. The van der Waals surface area contributed by atoms with Crippen LogP contribution in [-0.2, 0) is 9.84 Å². The van der Waals surface area contributed by atoms with Crippen molar-refractivity contribution in [3.63, 3.8) is 0 Å². The molecule has 1 aliphatic rings. The van der Waals surface area contributed by atoms with Crippen LogP contribution in [0.5, 0.6) is 5.75 Å². The molecule has 0 radical (unpaired) electrons. The molecule has 1 N–H and O–H groups in total. The molecule has 3 nitrogen and oxygen atoms in total. The van der Waals surface area contributed by atoms with Crippen LogP contribution >= 0.6 is 0 Å². The van der Waals surface area contributed by atoms with E-state index in [9.17, 15) is 13.5 Å². The Labute approximate surface area is 111 Å². The number of phenols is 1. The number of phenolic OH excluding ortho intramolecular Hbond substituents is 1. The van der Waals surface area contributed by atoms with E-state index >= 15 is 0 Å². The van der Waals surface area contributed by atoms with Crippen molar-refractivity contribution in [2.45, 2.75) is 15.7 Å². The lowest BCUT2D eigenvalue weighted by molar-refractivity contribution is 0.463. The molecule has 0 saturated heterocycles. The molecule has 1 heterocycles. The molecule has 1 aliphatic heterocycles. The summed E-state index contributed by atoms with van der Waals surface area (Å²) in [6, 6.07) is 11.4. The van der Waals surface area contributed by atoms with Crippen LogP contribution < -0.4 is 0 Å². The molecule has 0 fully saturated rings. The Morgan fingerprint density at radius 2 is 1.74 bits per heavy atom. The predicted octanol–water partition coefficient (Wildman–Crippen LogP) is 2.86. The summed E-state index contributed by atoms with van der Waals surface area (Å²) in [7, 11) is -3.57. The Morgan fingerprint density at radius 3 is 2.47 bits per heavy atom. The topological polar surface area (TPSA) is 54.4 Å². The highest BCUT2D eigenvalue weighted by Gasteiger charge is 2.35. The van der Waals surface area contributed by atoms with Gasteiger partial charge in [-0.3, -0.25) is 0 Å². The van der Waals surface area contributed by atoms with Gasteiger partial charge >= 0.3 is 0 Å². The molecule has 1 unspecified atom stereocenters. The molecule has 2 aromatic rings. The zero-order valence-electron chi connectivity index (χ0n) is 10.1. The van der Waals surface area contributed by atoms with Crippen molar-refractivity contribution in [1.29, 1.82) is 0 Å². The van der Waals surface area contributed by atoms with Crippen LogP contribution in [0.3, 0.4) is 0 Å². The van der Waals surface area contributed by atoms with Crippen molar-refractivity contribution >= 4 is 9.84 Å². The minimum absolute atomic E-state index is 0.0134. The van der Waals surface area contributed by atoms with Gasteiger partial charge in [-0.2, -0.15) is 0 Å². The zero-order valence-corrected chi connectivity index (χ0v) is 10.9. The van der Waals surface area contributed by atoms with Crippen LogP contribution in [0.1, 0.15) is 17.0 Å². The van der Waals surface area contributed by atoms with Gasteiger partial charge < -0.3 is 5.11 Å². The largest absolute Gasteiger partial charge is 0.508 e. The number of benzene rings is 2. The Kier molecular flexibility index (Phi) is 2.50. The van der Waals surface area contributed by atoms with E-state index in [4.69, 9.17) is 0 Å². The molecule has 4 heteroatoms. The molecule has 1 atom stereocenters. The molecular weight excluding hydrogens is 260 g/mol. The average Bonchev–Trinajstić information content (AvgIpc) is 2.41. The summed E-state index contributed by atoms with van der Waals surface area (Å²) in [6.45, 7) is 3.77. The second kappa shape index (κ2) is 3.96. The van der Waals surface area contributed by atoms with Gasteiger partial charge in [-0.25, -0.2) is 8.42 Å². The molecule has 0 aromatic heterocycles. The Balaban J connectivity index is 2.47. The molecule has 96 valence electrons. The average molecular weight is 272 g/mol. The highest BCUT2D eigenvalue weighted by molar-refractivity contribution is 7.91. The van der Waals surface area contributed by atoms with Crippen LogP contribution in [-0.4, -0.2) is 13.5 Å². The van der Waals surface area contributed by atoms with Crippen LogP contribution in [0, 0.1) is 0 Å². The van der Waals surface area contributed by atoms with Gasteiger partial charge in [-0.05, 0) is 23.8 Å². The summed E-state index contributed by atoms with van der Waals surface area (Å²) < 4.78 is 25.1. The number of sulfone groups is 1. The lowest BCUT2D eigenvalue weighted by Crippen LogP contribution is -2.17. The van der Waals surface area contributed by atoms with E-state index in [-0.39, 0.29) is 21.5 Å². The fraction of sp³-hybridized carbons (Fsp3) is 0.0667. The lowest BCUT2D eigenvalue weighted by Gasteiger charge is -2.26. The zero-order chi connectivity index (χ0) is 13.6. The second-order valence-electron chi connectivity index (χ2n) is 4.44. The van der Waals surface area contributed by atoms with Gasteiger partial charge in [-0.15, -0.1) is 6.58 Å². The van der Waals surface area contributed by atoms with Crippen LogP contribution in [0.2, 0.25) is 0 Å². The van der Waals surface area contributed by atoms with Crippen molar-refractivity contribution in [2.75, 3.05) is 0 Å². The second-order valence-corrected chi connectivity index (χ2v) is 6.33. The van der Waals surface area contributed by atoms with Crippen LogP contribution in [0.25, 0.3) is 0 Å². The fourth-order valence-corrected chi connectivity index (χ4v) is 4.36. The number of hydrogen-bond donors (Lipinski definition) is 1. The van der Waals surface area contributed by atoms with Crippen molar-refractivity contribution in [3.05, 3.63) is 66.2 Å². The molecule has 3 rings (SSSR count). The van der Waals surface area contributed by atoms with E-state index in [2.05, 4.69) is 6.58 Å². The van der Waals surface area contributed by atoms with Gasteiger partial charge in [0.25, 0.3) is 0 Å². The maximum Gasteiger partial charge on any atom is 0.207 e. The first-order valence-corrected chi connectivity index (χ1v) is 7.34. The quantitative estimate of drug-likeness (QED) is 0.812. The maximum atomic E-state index is 12.6. The third-order valence-electron chi connectivity index (χ3n) is 3.42.